The minimum atomic E-state index is -0.828. The molecule has 0 aromatic heterocycles. The molecule has 0 aromatic rings. The highest BCUT2D eigenvalue weighted by atomic mass is 16.2. The SMILES string of the molecule is CC(=O)N1CCCN(C(=O)C(C)(C)N)CC1. The van der Waals surface area contributed by atoms with Gasteiger partial charge in [-0.3, -0.25) is 9.59 Å². The first-order valence-corrected chi connectivity index (χ1v) is 5.66. The van der Waals surface area contributed by atoms with E-state index < -0.39 is 5.54 Å². The molecule has 1 saturated heterocycles. The van der Waals surface area contributed by atoms with Gasteiger partial charge in [0.05, 0.1) is 5.54 Å². The molecule has 5 heteroatoms. The fourth-order valence-corrected chi connectivity index (χ4v) is 1.84. The zero-order chi connectivity index (χ0) is 12.3. The van der Waals surface area contributed by atoms with Crippen molar-refractivity contribution in [1.29, 1.82) is 0 Å². The van der Waals surface area contributed by atoms with Crippen LogP contribution < -0.4 is 5.73 Å². The molecule has 0 aromatic carbocycles. The molecule has 0 aliphatic carbocycles. The Morgan fingerprint density at radius 1 is 1.06 bits per heavy atom. The lowest BCUT2D eigenvalue weighted by molar-refractivity contribution is -0.136. The number of amides is 2. The van der Waals surface area contributed by atoms with Crippen molar-refractivity contribution < 1.29 is 9.59 Å². The third-order valence-electron chi connectivity index (χ3n) is 2.78. The number of nitrogens with zero attached hydrogens (tertiary/aromatic N) is 2. The molecule has 2 amide bonds. The molecule has 0 atom stereocenters. The van der Waals surface area contributed by atoms with Gasteiger partial charge in [-0.2, -0.15) is 0 Å². The molecule has 1 aliphatic heterocycles. The fraction of sp³-hybridized carbons (Fsp3) is 0.818. The molecule has 0 unspecified atom stereocenters. The summed E-state index contributed by atoms with van der Waals surface area (Å²) in [5.41, 5.74) is 4.96. The van der Waals surface area contributed by atoms with Gasteiger partial charge in [0.15, 0.2) is 0 Å². The molecule has 2 N–H and O–H groups in total. The van der Waals surface area contributed by atoms with Crippen molar-refractivity contribution in [3.63, 3.8) is 0 Å². The molecule has 0 saturated carbocycles. The van der Waals surface area contributed by atoms with E-state index in [1.54, 1.807) is 30.6 Å². The van der Waals surface area contributed by atoms with Crippen molar-refractivity contribution >= 4 is 11.8 Å². The third-order valence-corrected chi connectivity index (χ3v) is 2.78. The topological polar surface area (TPSA) is 66.6 Å². The van der Waals surface area contributed by atoms with Gasteiger partial charge in [0.2, 0.25) is 11.8 Å². The van der Waals surface area contributed by atoms with Crippen LogP contribution >= 0.6 is 0 Å². The summed E-state index contributed by atoms with van der Waals surface area (Å²) in [6.07, 6.45) is 0.821. The van der Waals surface area contributed by atoms with E-state index in [1.165, 1.54) is 0 Å². The highest BCUT2D eigenvalue weighted by molar-refractivity contribution is 5.85. The Hall–Kier alpha value is -1.10. The van der Waals surface area contributed by atoms with Gasteiger partial charge in [-0.1, -0.05) is 0 Å². The van der Waals surface area contributed by atoms with Crippen LogP contribution in [0.4, 0.5) is 0 Å². The van der Waals surface area contributed by atoms with E-state index in [0.29, 0.717) is 19.6 Å². The van der Waals surface area contributed by atoms with Crippen LogP contribution in [0.3, 0.4) is 0 Å². The Kier molecular flexibility index (Phi) is 3.91. The van der Waals surface area contributed by atoms with Crippen molar-refractivity contribution in [2.75, 3.05) is 26.2 Å². The largest absolute Gasteiger partial charge is 0.341 e. The van der Waals surface area contributed by atoms with Crippen LogP contribution in [0, 0.1) is 0 Å². The summed E-state index contributed by atoms with van der Waals surface area (Å²) in [4.78, 5) is 26.7. The van der Waals surface area contributed by atoms with Crippen molar-refractivity contribution in [3.8, 4) is 0 Å². The van der Waals surface area contributed by atoms with Crippen molar-refractivity contribution in [3.05, 3.63) is 0 Å². The molecular formula is C11H21N3O2. The van der Waals surface area contributed by atoms with E-state index in [1.807, 2.05) is 0 Å². The number of rotatable bonds is 1. The van der Waals surface area contributed by atoms with Crippen LogP contribution in [0.5, 0.6) is 0 Å². The summed E-state index contributed by atoms with van der Waals surface area (Å²) >= 11 is 0. The van der Waals surface area contributed by atoms with E-state index in [9.17, 15) is 9.59 Å². The molecule has 5 nitrogen and oxygen atoms in total. The average molecular weight is 227 g/mol. The van der Waals surface area contributed by atoms with Gasteiger partial charge in [0.1, 0.15) is 0 Å². The predicted molar refractivity (Wildman–Crippen MR) is 61.7 cm³/mol. The predicted octanol–water partition coefficient (Wildman–Crippen LogP) is -0.195. The molecule has 92 valence electrons. The smallest absolute Gasteiger partial charge is 0.242 e. The van der Waals surface area contributed by atoms with Crippen molar-refractivity contribution in [1.82, 2.24) is 9.80 Å². The Balaban J connectivity index is 2.60. The van der Waals surface area contributed by atoms with Gasteiger partial charge >= 0.3 is 0 Å². The highest BCUT2D eigenvalue weighted by Gasteiger charge is 2.29. The molecule has 16 heavy (non-hydrogen) atoms. The quantitative estimate of drug-likeness (QED) is 0.675. The highest BCUT2D eigenvalue weighted by Crippen LogP contribution is 2.09. The normalized spacial score (nSPS) is 18.2. The first-order valence-electron chi connectivity index (χ1n) is 5.66. The maximum Gasteiger partial charge on any atom is 0.242 e. The van der Waals surface area contributed by atoms with Gasteiger partial charge in [-0.15, -0.1) is 0 Å². The van der Waals surface area contributed by atoms with Gasteiger partial charge in [-0.25, -0.2) is 0 Å². The second-order valence-electron chi connectivity index (χ2n) is 4.87. The van der Waals surface area contributed by atoms with Crippen LogP contribution in [0.2, 0.25) is 0 Å². The molecule has 1 aliphatic rings. The summed E-state index contributed by atoms with van der Waals surface area (Å²) in [6.45, 7) is 7.58. The fourth-order valence-electron chi connectivity index (χ4n) is 1.84. The number of carbonyl (C=O) groups excluding carboxylic acids is 2. The Morgan fingerprint density at radius 2 is 1.56 bits per heavy atom. The van der Waals surface area contributed by atoms with Gasteiger partial charge in [0.25, 0.3) is 0 Å². The molecule has 1 heterocycles. The van der Waals surface area contributed by atoms with Gasteiger partial charge in [0, 0.05) is 33.1 Å². The minimum absolute atomic E-state index is 0.0436. The Morgan fingerprint density at radius 3 is 2.06 bits per heavy atom. The molecule has 0 bridgehead atoms. The second kappa shape index (κ2) is 4.82. The lowest BCUT2D eigenvalue weighted by atomic mass is 10.1. The maximum atomic E-state index is 11.9. The number of carbonyl (C=O) groups is 2. The van der Waals surface area contributed by atoms with Crippen LogP contribution in [-0.4, -0.2) is 53.3 Å². The number of nitrogens with two attached hydrogens (primary N) is 1. The van der Waals surface area contributed by atoms with Crippen LogP contribution in [0.1, 0.15) is 27.2 Å². The average Bonchev–Trinajstić information content (AvgIpc) is 2.39. The van der Waals surface area contributed by atoms with E-state index in [0.717, 1.165) is 13.0 Å². The van der Waals surface area contributed by atoms with Crippen LogP contribution in [-0.2, 0) is 9.59 Å². The van der Waals surface area contributed by atoms with Crippen LogP contribution in [0.25, 0.3) is 0 Å². The van der Waals surface area contributed by atoms with Gasteiger partial charge in [-0.05, 0) is 20.3 Å². The zero-order valence-corrected chi connectivity index (χ0v) is 10.3. The molecule has 1 fully saturated rings. The van der Waals surface area contributed by atoms with Crippen molar-refractivity contribution in [2.45, 2.75) is 32.7 Å². The Labute approximate surface area is 96.6 Å². The first-order chi connectivity index (χ1) is 7.32. The van der Waals surface area contributed by atoms with Crippen LogP contribution in [0.15, 0.2) is 0 Å². The standard InChI is InChI=1S/C11H21N3O2/c1-9(15)13-5-4-6-14(8-7-13)10(16)11(2,3)12/h4-8,12H2,1-3H3. The molecule has 0 spiro atoms. The monoisotopic (exact) mass is 227 g/mol. The summed E-state index contributed by atoms with van der Waals surface area (Å²) < 4.78 is 0. The minimum Gasteiger partial charge on any atom is -0.341 e. The van der Waals surface area contributed by atoms with E-state index in [2.05, 4.69) is 0 Å². The molecular weight excluding hydrogens is 206 g/mol. The lowest BCUT2D eigenvalue weighted by Crippen LogP contribution is -2.52. The molecule has 0 radical (unpaired) electrons. The Bertz CT molecular complexity index is 283. The van der Waals surface area contributed by atoms with Crippen molar-refractivity contribution in [2.24, 2.45) is 5.73 Å². The zero-order valence-electron chi connectivity index (χ0n) is 10.3. The second-order valence-corrected chi connectivity index (χ2v) is 4.87. The van der Waals surface area contributed by atoms with E-state index >= 15 is 0 Å². The number of hydrogen-bond donors (Lipinski definition) is 1. The van der Waals surface area contributed by atoms with E-state index in [-0.39, 0.29) is 11.8 Å². The molecule has 1 rings (SSSR count). The summed E-state index contributed by atoms with van der Waals surface area (Å²) in [6, 6.07) is 0. The maximum absolute atomic E-state index is 11.9. The summed E-state index contributed by atoms with van der Waals surface area (Å²) in [7, 11) is 0. The first kappa shape index (κ1) is 13.0. The summed E-state index contributed by atoms with van der Waals surface area (Å²) in [5, 5.41) is 0. The van der Waals surface area contributed by atoms with E-state index in [4.69, 9.17) is 5.73 Å². The third kappa shape index (κ3) is 3.20. The summed E-state index contributed by atoms with van der Waals surface area (Å²) in [5.74, 6) is 0.0270. The van der Waals surface area contributed by atoms with Gasteiger partial charge < -0.3 is 15.5 Å². The lowest BCUT2D eigenvalue weighted by Gasteiger charge is -2.28. The number of hydrogen-bond acceptors (Lipinski definition) is 3.